The van der Waals surface area contributed by atoms with Gasteiger partial charge in [-0.2, -0.15) is 0 Å². The average molecular weight is 267 g/mol. The molecule has 4 N–H and O–H groups in total. The van der Waals surface area contributed by atoms with Crippen LogP contribution in [0, 0.1) is 16.0 Å². The van der Waals surface area contributed by atoms with E-state index in [1.165, 1.54) is 12.1 Å². The number of aliphatic hydroxyl groups excluding tert-OH is 1. The normalized spacial score (nSPS) is 13.6. The molecule has 0 aliphatic heterocycles. The van der Waals surface area contributed by atoms with Crippen LogP contribution in [0.25, 0.3) is 0 Å². The van der Waals surface area contributed by atoms with Crippen molar-refractivity contribution in [2.24, 2.45) is 11.7 Å². The molecule has 0 heterocycles. The standard InChI is InChI=1S/C12H17N3O4/c1-7(6-16)8(2)14-10-4-3-9(12(13)17)5-11(10)15(18)19/h3-5,7-8,14,16H,6H2,1-2H3,(H2,13,17). The van der Waals surface area contributed by atoms with Gasteiger partial charge in [-0.1, -0.05) is 6.92 Å². The molecule has 2 atom stereocenters. The van der Waals surface area contributed by atoms with Crippen LogP contribution in [-0.4, -0.2) is 28.6 Å². The number of aliphatic hydroxyl groups is 1. The highest BCUT2D eigenvalue weighted by molar-refractivity contribution is 5.94. The molecule has 104 valence electrons. The van der Waals surface area contributed by atoms with Crippen LogP contribution in [0.4, 0.5) is 11.4 Å². The van der Waals surface area contributed by atoms with E-state index in [0.29, 0.717) is 5.69 Å². The minimum Gasteiger partial charge on any atom is -0.396 e. The van der Waals surface area contributed by atoms with Crippen molar-refractivity contribution in [3.05, 3.63) is 33.9 Å². The molecule has 7 nitrogen and oxygen atoms in total. The third kappa shape index (κ3) is 3.65. The Bertz CT molecular complexity index is 490. The molecule has 1 aromatic rings. The molecule has 1 rings (SSSR count). The van der Waals surface area contributed by atoms with Crippen molar-refractivity contribution < 1.29 is 14.8 Å². The van der Waals surface area contributed by atoms with Gasteiger partial charge in [-0.25, -0.2) is 0 Å². The van der Waals surface area contributed by atoms with Crippen LogP contribution in [-0.2, 0) is 0 Å². The molecule has 7 heteroatoms. The Morgan fingerprint density at radius 3 is 2.63 bits per heavy atom. The van der Waals surface area contributed by atoms with Crippen LogP contribution in [0.3, 0.4) is 0 Å². The van der Waals surface area contributed by atoms with E-state index in [-0.39, 0.29) is 29.8 Å². The molecular weight excluding hydrogens is 250 g/mol. The summed E-state index contributed by atoms with van der Waals surface area (Å²) in [5, 5.41) is 23.0. The number of nitrogens with zero attached hydrogens (tertiary/aromatic N) is 1. The maximum Gasteiger partial charge on any atom is 0.293 e. The maximum atomic E-state index is 11.0. The molecule has 1 aromatic carbocycles. The predicted molar refractivity (Wildman–Crippen MR) is 70.9 cm³/mol. The molecule has 0 aliphatic carbocycles. The van der Waals surface area contributed by atoms with Crippen LogP contribution >= 0.6 is 0 Å². The van der Waals surface area contributed by atoms with Crippen LogP contribution in [0.2, 0.25) is 0 Å². The first-order valence-corrected chi connectivity index (χ1v) is 5.82. The number of rotatable bonds is 6. The number of amides is 1. The van der Waals surface area contributed by atoms with Gasteiger partial charge in [0.2, 0.25) is 5.91 Å². The van der Waals surface area contributed by atoms with E-state index in [1.807, 2.05) is 13.8 Å². The summed E-state index contributed by atoms with van der Waals surface area (Å²) in [6, 6.07) is 3.86. The Hall–Kier alpha value is -2.15. The predicted octanol–water partition coefficient (Wildman–Crippen LogP) is 1.12. The number of nitrogens with two attached hydrogens (primary N) is 1. The number of carbonyl (C=O) groups excluding carboxylic acids is 1. The lowest BCUT2D eigenvalue weighted by Crippen LogP contribution is -2.26. The summed E-state index contributed by atoms with van der Waals surface area (Å²) in [5.41, 5.74) is 5.25. The van der Waals surface area contributed by atoms with Gasteiger partial charge in [-0.3, -0.25) is 14.9 Å². The molecule has 2 unspecified atom stereocenters. The lowest BCUT2D eigenvalue weighted by molar-refractivity contribution is -0.384. The van der Waals surface area contributed by atoms with Gasteiger partial charge in [0.05, 0.1) is 4.92 Å². The van der Waals surface area contributed by atoms with E-state index in [0.717, 1.165) is 6.07 Å². The number of nitro groups is 1. The molecule has 0 saturated heterocycles. The van der Waals surface area contributed by atoms with E-state index in [4.69, 9.17) is 10.8 Å². The number of anilines is 1. The van der Waals surface area contributed by atoms with Gasteiger partial charge in [0.1, 0.15) is 5.69 Å². The van der Waals surface area contributed by atoms with Gasteiger partial charge in [0.25, 0.3) is 5.69 Å². The SMILES string of the molecule is CC(CO)C(C)Nc1ccc(C(N)=O)cc1[N+](=O)[O-]. The molecule has 19 heavy (non-hydrogen) atoms. The molecule has 0 spiro atoms. The average Bonchev–Trinajstić information content (AvgIpc) is 2.37. The van der Waals surface area contributed by atoms with E-state index >= 15 is 0 Å². The zero-order valence-corrected chi connectivity index (χ0v) is 10.8. The molecular formula is C12H17N3O4. The second kappa shape index (κ2) is 6.14. The molecule has 1 amide bonds. The monoisotopic (exact) mass is 267 g/mol. The van der Waals surface area contributed by atoms with Crippen molar-refractivity contribution in [2.75, 3.05) is 11.9 Å². The van der Waals surface area contributed by atoms with Gasteiger partial charge in [0, 0.05) is 24.3 Å². The van der Waals surface area contributed by atoms with Crippen molar-refractivity contribution >= 4 is 17.3 Å². The number of nitro benzene ring substituents is 1. The van der Waals surface area contributed by atoms with Crippen molar-refractivity contribution in [3.63, 3.8) is 0 Å². The second-order valence-corrected chi connectivity index (χ2v) is 4.45. The van der Waals surface area contributed by atoms with Crippen molar-refractivity contribution in [1.29, 1.82) is 0 Å². The van der Waals surface area contributed by atoms with Crippen molar-refractivity contribution in [3.8, 4) is 0 Å². The van der Waals surface area contributed by atoms with Crippen LogP contribution in [0.1, 0.15) is 24.2 Å². The van der Waals surface area contributed by atoms with E-state index in [2.05, 4.69) is 5.32 Å². The lowest BCUT2D eigenvalue weighted by Gasteiger charge is -2.20. The highest BCUT2D eigenvalue weighted by atomic mass is 16.6. The first-order chi connectivity index (χ1) is 8.86. The summed E-state index contributed by atoms with van der Waals surface area (Å²) in [6.45, 7) is 3.61. The second-order valence-electron chi connectivity index (χ2n) is 4.45. The van der Waals surface area contributed by atoms with Crippen LogP contribution < -0.4 is 11.1 Å². The number of benzene rings is 1. The number of carbonyl (C=O) groups is 1. The Morgan fingerprint density at radius 1 is 1.53 bits per heavy atom. The summed E-state index contributed by atoms with van der Waals surface area (Å²) in [5.74, 6) is -0.776. The fourth-order valence-corrected chi connectivity index (χ4v) is 1.50. The quantitative estimate of drug-likeness (QED) is 0.527. The van der Waals surface area contributed by atoms with Crippen molar-refractivity contribution in [1.82, 2.24) is 0 Å². The minimum absolute atomic E-state index is 0.0265. The van der Waals surface area contributed by atoms with E-state index in [9.17, 15) is 14.9 Å². The molecule has 0 aromatic heterocycles. The third-order valence-corrected chi connectivity index (χ3v) is 3.00. The fourth-order valence-electron chi connectivity index (χ4n) is 1.50. The molecule has 0 fully saturated rings. The fraction of sp³-hybridized carbons (Fsp3) is 0.417. The van der Waals surface area contributed by atoms with Crippen LogP contribution in [0.15, 0.2) is 18.2 Å². The number of hydrogen-bond donors (Lipinski definition) is 3. The molecule has 0 bridgehead atoms. The number of primary amides is 1. The Kier molecular flexibility index (Phi) is 4.82. The first kappa shape index (κ1) is 14.9. The summed E-state index contributed by atoms with van der Waals surface area (Å²) in [4.78, 5) is 21.4. The van der Waals surface area contributed by atoms with Gasteiger partial charge in [0.15, 0.2) is 0 Å². The van der Waals surface area contributed by atoms with E-state index < -0.39 is 10.8 Å². The third-order valence-electron chi connectivity index (χ3n) is 3.00. The molecule has 0 saturated carbocycles. The van der Waals surface area contributed by atoms with Crippen LogP contribution in [0.5, 0.6) is 0 Å². The van der Waals surface area contributed by atoms with Gasteiger partial charge in [-0.05, 0) is 25.0 Å². The number of nitrogens with one attached hydrogen (secondary N) is 1. The maximum absolute atomic E-state index is 11.0. The lowest BCUT2D eigenvalue weighted by atomic mass is 10.0. The highest BCUT2D eigenvalue weighted by Crippen LogP contribution is 2.27. The summed E-state index contributed by atoms with van der Waals surface area (Å²) < 4.78 is 0. The Labute approximate surface area is 110 Å². The zero-order chi connectivity index (χ0) is 14.6. The first-order valence-electron chi connectivity index (χ1n) is 5.82. The molecule has 0 radical (unpaired) electrons. The van der Waals surface area contributed by atoms with Crippen molar-refractivity contribution in [2.45, 2.75) is 19.9 Å². The minimum atomic E-state index is -0.716. The number of hydrogen-bond acceptors (Lipinski definition) is 5. The van der Waals surface area contributed by atoms with Gasteiger partial charge >= 0.3 is 0 Å². The van der Waals surface area contributed by atoms with Gasteiger partial charge < -0.3 is 16.2 Å². The Balaban J connectivity index is 3.07. The summed E-state index contributed by atoms with van der Waals surface area (Å²) in [7, 11) is 0. The highest BCUT2D eigenvalue weighted by Gasteiger charge is 2.19. The molecule has 0 aliphatic rings. The van der Waals surface area contributed by atoms with Gasteiger partial charge in [-0.15, -0.1) is 0 Å². The summed E-state index contributed by atoms with van der Waals surface area (Å²) in [6.07, 6.45) is 0. The summed E-state index contributed by atoms with van der Waals surface area (Å²) >= 11 is 0. The Morgan fingerprint density at radius 2 is 2.16 bits per heavy atom. The topological polar surface area (TPSA) is 118 Å². The largest absolute Gasteiger partial charge is 0.396 e. The zero-order valence-electron chi connectivity index (χ0n) is 10.8. The smallest absolute Gasteiger partial charge is 0.293 e. The van der Waals surface area contributed by atoms with E-state index in [1.54, 1.807) is 0 Å².